The molecule has 0 amide bonds. The molecule has 0 radical (unpaired) electrons. The molecule has 0 saturated carbocycles. The monoisotopic (exact) mass is 275 g/mol. The largest absolute Gasteiger partial charge is 0.390 e. The molecule has 0 heterocycles. The van der Waals surface area contributed by atoms with Crippen molar-refractivity contribution in [2.24, 2.45) is 5.11 Å². The molecule has 0 saturated heterocycles. The van der Waals surface area contributed by atoms with E-state index in [1.165, 1.54) is 6.07 Å². The van der Waals surface area contributed by atoms with Crippen molar-refractivity contribution in [3.63, 3.8) is 0 Å². The number of nitrogens with zero attached hydrogens (tertiary/aromatic N) is 3. The molecule has 1 aromatic rings. The van der Waals surface area contributed by atoms with Crippen LogP contribution in [0.15, 0.2) is 23.3 Å². The summed E-state index contributed by atoms with van der Waals surface area (Å²) >= 11 is 11.6. The molecule has 0 spiro atoms. The topological polar surface area (TPSA) is 89.2 Å². The number of benzene rings is 1. The van der Waals surface area contributed by atoms with Crippen molar-refractivity contribution < 1.29 is 10.2 Å². The van der Waals surface area contributed by atoms with Crippen molar-refractivity contribution in [3.05, 3.63) is 44.3 Å². The fraction of sp³-hybridized carbons (Fsp3) is 0.400. The van der Waals surface area contributed by atoms with Gasteiger partial charge in [0.2, 0.25) is 0 Å². The molecule has 17 heavy (non-hydrogen) atoms. The van der Waals surface area contributed by atoms with E-state index in [2.05, 4.69) is 10.0 Å². The Morgan fingerprint density at radius 3 is 2.65 bits per heavy atom. The lowest BCUT2D eigenvalue weighted by Crippen LogP contribution is -2.19. The Morgan fingerprint density at radius 2 is 2.06 bits per heavy atom. The quantitative estimate of drug-likeness (QED) is 0.491. The molecular weight excluding hydrogens is 265 g/mol. The highest BCUT2D eigenvalue weighted by atomic mass is 35.5. The molecule has 7 heteroatoms. The average molecular weight is 276 g/mol. The second kappa shape index (κ2) is 6.69. The number of hydrogen-bond donors (Lipinski definition) is 2. The molecule has 2 atom stereocenters. The summed E-state index contributed by atoms with van der Waals surface area (Å²) in [7, 11) is 0. The summed E-state index contributed by atoms with van der Waals surface area (Å²) in [5.41, 5.74) is 8.48. The van der Waals surface area contributed by atoms with E-state index in [1.807, 2.05) is 0 Å². The van der Waals surface area contributed by atoms with Crippen LogP contribution in [-0.2, 0) is 0 Å². The summed E-state index contributed by atoms with van der Waals surface area (Å²) in [6.45, 7) is 0.111. The third kappa shape index (κ3) is 4.07. The summed E-state index contributed by atoms with van der Waals surface area (Å²) in [6, 6.07) is 4.61. The Hall–Kier alpha value is -0.970. The first-order chi connectivity index (χ1) is 8.06. The molecule has 0 aliphatic carbocycles. The SMILES string of the molecule is [N-]=[N+]=NCCC(O)C(O)c1ccc(Cl)cc1Cl. The smallest absolute Gasteiger partial charge is 0.106 e. The van der Waals surface area contributed by atoms with Crippen LogP contribution in [-0.4, -0.2) is 22.9 Å². The van der Waals surface area contributed by atoms with Crippen LogP contribution in [0.4, 0.5) is 0 Å². The first kappa shape index (κ1) is 14.1. The van der Waals surface area contributed by atoms with Crippen LogP contribution in [0.5, 0.6) is 0 Å². The van der Waals surface area contributed by atoms with Gasteiger partial charge in [0.15, 0.2) is 0 Å². The van der Waals surface area contributed by atoms with Crippen molar-refractivity contribution in [2.75, 3.05) is 6.54 Å². The predicted molar refractivity (Wildman–Crippen MR) is 66.1 cm³/mol. The number of aliphatic hydroxyl groups is 2. The lowest BCUT2D eigenvalue weighted by atomic mass is 10.0. The van der Waals surface area contributed by atoms with Gasteiger partial charge in [-0.25, -0.2) is 0 Å². The van der Waals surface area contributed by atoms with E-state index < -0.39 is 12.2 Å². The summed E-state index contributed by atoms with van der Waals surface area (Å²) in [6.07, 6.45) is -2.02. The van der Waals surface area contributed by atoms with Gasteiger partial charge in [-0.05, 0) is 24.1 Å². The highest BCUT2D eigenvalue weighted by Crippen LogP contribution is 2.28. The Bertz CT molecular complexity index is 436. The molecule has 2 unspecified atom stereocenters. The number of aliphatic hydroxyl groups excluding tert-OH is 2. The van der Waals surface area contributed by atoms with E-state index in [0.717, 1.165) is 0 Å². The molecule has 0 bridgehead atoms. The second-order valence-electron chi connectivity index (χ2n) is 3.42. The highest BCUT2D eigenvalue weighted by Gasteiger charge is 2.20. The first-order valence-electron chi connectivity index (χ1n) is 4.88. The minimum atomic E-state index is -1.13. The first-order valence-corrected chi connectivity index (χ1v) is 5.63. The van der Waals surface area contributed by atoms with Crippen LogP contribution in [0.25, 0.3) is 10.4 Å². The zero-order chi connectivity index (χ0) is 12.8. The van der Waals surface area contributed by atoms with Gasteiger partial charge in [-0.1, -0.05) is 34.4 Å². The zero-order valence-corrected chi connectivity index (χ0v) is 10.3. The zero-order valence-electron chi connectivity index (χ0n) is 8.79. The van der Waals surface area contributed by atoms with Gasteiger partial charge in [0, 0.05) is 27.1 Å². The van der Waals surface area contributed by atoms with E-state index in [-0.39, 0.29) is 18.0 Å². The van der Waals surface area contributed by atoms with E-state index >= 15 is 0 Å². The number of rotatable bonds is 5. The van der Waals surface area contributed by atoms with E-state index in [1.54, 1.807) is 12.1 Å². The number of halogens is 2. The van der Waals surface area contributed by atoms with Crippen LogP contribution in [0.2, 0.25) is 10.0 Å². The van der Waals surface area contributed by atoms with Gasteiger partial charge in [0.25, 0.3) is 0 Å². The molecule has 5 nitrogen and oxygen atoms in total. The molecule has 0 aliphatic rings. The third-order valence-corrected chi connectivity index (χ3v) is 2.80. The molecule has 0 aliphatic heterocycles. The van der Waals surface area contributed by atoms with Gasteiger partial charge in [-0.3, -0.25) is 0 Å². The van der Waals surface area contributed by atoms with Gasteiger partial charge in [-0.2, -0.15) is 0 Å². The normalized spacial score (nSPS) is 13.9. The second-order valence-corrected chi connectivity index (χ2v) is 4.26. The number of hydrogen-bond acceptors (Lipinski definition) is 3. The standard InChI is InChI=1S/C10H11Cl2N3O2/c11-6-1-2-7(8(12)5-6)10(17)9(16)3-4-14-15-13/h1-2,5,9-10,16-17H,3-4H2. The molecular formula is C10H11Cl2N3O2. The summed E-state index contributed by atoms with van der Waals surface area (Å²) in [5.74, 6) is 0. The lowest BCUT2D eigenvalue weighted by Gasteiger charge is -2.18. The van der Waals surface area contributed by atoms with E-state index in [0.29, 0.717) is 10.6 Å². The maximum atomic E-state index is 9.85. The Balaban J connectivity index is 2.73. The number of azide groups is 1. The molecule has 1 rings (SSSR count). The Kier molecular flexibility index (Phi) is 5.55. The fourth-order valence-corrected chi connectivity index (χ4v) is 1.86. The third-order valence-electron chi connectivity index (χ3n) is 2.23. The van der Waals surface area contributed by atoms with Crippen molar-refractivity contribution in [2.45, 2.75) is 18.6 Å². The van der Waals surface area contributed by atoms with E-state index in [4.69, 9.17) is 28.7 Å². The van der Waals surface area contributed by atoms with Crippen molar-refractivity contribution in [1.29, 1.82) is 0 Å². The van der Waals surface area contributed by atoms with Crippen LogP contribution in [0, 0.1) is 0 Å². The molecule has 0 fully saturated rings. The summed E-state index contributed by atoms with van der Waals surface area (Å²) < 4.78 is 0. The minimum absolute atomic E-state index is 0.111. The van der Waals surface area contributed by atoms with Crippen LogP contribution >= 0.6 is 23.2 Å². The van der Waals surface area contributed by atoms with Gasteiger partial charge in [0.1, 0.15) is 6.10 Å². The molecule has 0 aromatic heterocycles. The summed E-state index contributed by atoms with van der Waals surface area (Å²) in [5, 5.41) is 23.5. The van der Waals surface area contributed by atoms with Crippen molar-refractivity contribution in [3.8, 4) is 0 Å². The van der Waals surface area contributed by atoms with E-state index in [9.17, 15) is 10.2 Å². The minimum Gasteiger partial charge on any atom is -0.390 e. The predicted octanol–water partition coefficient (Wildman–Crippen LogP) is 3.09. The summed E-state index contributed by atoms with van der Waals surface area (Å²) in [4.78, 5) is 2.56. The molecule has 2 N–H and O–H groups in total. The van der Waals surface area contributed by atoms with Gasteiger partial charge in [0.05, 0.1) is 6.10 Å². The highest BCUT2D eigenvalue weighted by molar-refractivity contribution is 6.35. The van der Waals surface area contributed by atoms with Crippen LogP contribution < -0.4 is 0 Å². The molecule has 92 valence electrons. The van der Waals surface area contributed by atoms with Gasteiger partial charge in [-0.15, -0.1) is 0 Å². The average Bonchev–Trinajstić information content (AvgIpc) is 2.28. The van der Waals surface area contributed by atoms with Crippen LogP contribution in [0.1, 0.15) is 18.1 Å². The maximum absolute atomic E-state index is 9.85. The van der Waals surface area contributed by atoms with Crippen molar-refractivity contribution in [1.82, 2.24) is 0 Å². The maximum Gasteiger partial charge on any atom is 0.106 e. The van der Waals surface area contributed by atoms with Gasteiger partial charge >= 0.3 is 0 Å². The fourth-order valence-electron chi connectivity index (χ4n) is 1.34. The van der Waals surface area contributed by atoms with Crippen LogP contribution in [0.3, 0.4) is 0 Å². The lowest BCUT2D eigenvalue weighted by molar-refractivity contribution is 0.0151. The van der Waals surface area contributed by atoms with Crippen molar-refractivity contribution >= 4 is 23.2 Å². The van der Waals surface area contributed by atoms with Gasteiger partial charge < -0.3 is 10.2 Å². The Morgan fingerprint density at radius 1 is 1.35 bits per heavy atom. The Labute approximate surface area is 108 Å². The molecule has 1 aromatic carbocycles.